The second kappa shape index (κ2) is 6.79. The summed E-state index contributed by atoms with van der Waals surface area (Å²) in [5.74, 6) is -0.207. The first-order valence-corrected chi connectivity index (χ1v) is 7.70. The Kier molecular flexibility index (Phi) is 4.57. The monoisotopic (exact) mass is 356 g/mol. The summed E-state index contributed by atoms with van der Waals surface area (Å²) < 4.78 is 5.59. The number of para-hydroxylation sites is 2. The Balaban J connectivity index is 1.90. The van der Waals surface area contributed by atoms with Gasteiger partial charge in [0.05, 0.1) is 15.7 Å². The van der Waals surface area contributed by atoms with Gasteiger partial charge < -0.3 is 9.73 Å². The number of benzene rings is 2. The molecular formula is C18H10Cl2N2O2. The minimum Gasteiger partial charge on any atom is -0.457 e. The van der Waals surface area contributed by atoms with E-state index in [0.29, 0.717) is 11.3 Å². The smallest absolute Gasteiger partial charge is 0.266 e. The average molecular weight is 357 g/mol. The van der Waals surface area contributed by atoms with E-state index in [0.717, 1.165) is 5.39 Å². The summed E-state index contributed by atoms with van der Waals surface area (Å²) in [7, 11) is 0. The van der Waals surface area contributed by atoms with Gasteiger partial charge in [0.25, 0.3) is 5.91 Å². The number of anilines is 1. The molecule has 4 nitrogen and oxygen atoms in total. The van der Waals surface area contributed by atoms with Gasteiger partial charge in [0.1, 0.15) is 23.0 Å². The fraction of sp³-hybridized carbons (Fsp3) is 0. The molecule has 0 atom stereocenters. The normalized spacial score (nSPS) is 11.3. The van der Waals surface area contributed by atoms with Crippen LogP contribution < -0.4 is 5.32 Å². The van der Waals surface area contributed by atoms with E-state index in [1.807, 2.05) is 30.3 Å². The van der Waals surface area contributed by atoms with Crippen LogP contribution in [0.1, 0.15) is 5.76 Å². The number of carbonyl (C=O) groups is 1. The van der Waals surface area contributed by atoms with Crippen molar-refractivity contribution in [1.82, 2.24) is 0 Å². The predicted octanol–water partition coefficient (Wildman–Crippen LogP) is 5.29. The van der Waals surface area contributed by atoms with Gasteiger partial charge in [0.2, 0.25) is 0 Å². The minimum absolute atomic E-state index is 0.120. The Labute approximate surface area is 147 Å². The van der Waals surface area contributed by atoms with E-state index in [9.17, 15) is 10.1 Å². The Morgan fingerprint density at radius 3 is 2.50 bits per heavy atom. The zero-order valence-electron chi connectivity index (χ0n) is 12.2. The molecule has 0 fully saturated rings. The van der Waals surface area contributed by atoms with Crippen LogP contribution in [0.2, 0.25) is 10.0 Å². The van der Waals surface area contributed by atoms with Crippen LogP contribution in [0.5, 0.6) is 0 Å². The van der Waals surface area contributed by atoms with Gasteiger partial charge in [-0.2, -0.15) is 5.26 Å². The Bertz CT molecular complexity index is 946. The summed E-state index contributed by atoms with van der Waals surface area (Å²) >= 11 is 12.0. The maximum atomic E-state index is 12.3. The molecule has 0 aliphatic rings. The molecule has 0 spiro atoms. The summed E-state index contributed by atoms with van der Waals surface area (Å²) in [4.78, 5) is 12.3. The molecule has 0 saturated carbocycles. The van der Waals surface area contributed by atoms with Crippen LogP contribution in [0.15, 0.2) is 58.5 Å². The second-order valence-corrected chi connectivity index (χ2v) is 5.72. The number of nitrogens with one attached hydrogen (secondary N) is 1. The molecule has 2 aromatic carbocycles. The molecule has 0 saturated heterocycles. The zero-order chi connectivity index (χ0) is 17.1. The van der Waals surface area contributed by atoms with Crippen molar-refractivity contribution in [2.75, 3.05) is 5.32 Å². The van der Waals surface area contributed by atoms with Gasteiger partial charge >= 0.3 is 0 Å². The molecule has 1 N–H and O–H groups in total. The molecular weight excluding hydrogens is 347 g/mol. The van der Waals surface area contributed by atoms with E-state index < -0.39 is 5.91 Å². The molecule has 118 valence electrons. The number of halogens is 2. The SMILES string of the molecule is N#C/C(=C\c1cc2ccccc2o1)C(=O)Nc1c(Cl)cccc1Cl. The lowest BCUT2D eigenvalue weighted by atomic mass is 10.2. The van der Waals surface area contributed by atoms with Crippen molar-refractivity contribution in [2.45, 2.75) is 0 Å². The third-order valence-electron chi connectivity index (χ3n) is 3.30. The van der Waals surface area contributed by atoms with Crippen molar-refractivity contribution in [3.8, 4) is 6.07 Å². The van der Waals surface area contributed by atoms with Crippen LogP contribution in [-0.4, -0.2) is 5.91 Å². The molecule has 0 aliphatic carbocycles. The highest BCUT2D eigenvalue weighted by Gasteiger charge is 2.14. The molecule has 3 aromatic rings. The largest absolute Gasteiger partial charge is 0.457 e. The molecule has 3 rings (SSSR count). The Morgan fingerprint density at radius 2 is 1.83 bits per heavy atom. The topological polar surface area (TPSA) is 66.0 Å². The van der Waals surface area contributed by atoms with E-state index in [-0.39, 0.29) is 21.3 Å². The number of furan rings is 1. The average Bonchev–Trinajstić information content (AvgIpc) is 2.98. The van der Waals surface area contributed by atoms with Gasteiger partial charge in [0.15, 0.2) is 0 Å². The highest BCUT2D eigenvalue weighted by atomic mass is 35.5. The van der Waals surface area contributed by atoms with Gasteiger partial charge in [-0.3, -0.25) is 4.79 Å². The predicted molar refractivity (Wildman–Crippen MR) is 94.9 cm³/mol. The van der Waals surface area contributed by atoms with Crippen molar-refractivity contribution in [1.29, 1.82) is 5.26 Å². The Hall–Kier alpha value is -2.74. The van der Waals surface area contributed by atoms with Crippen LogP contribution in [0.25, 0.3) is 17.0 Å². The number of nitriles is 1. The minimum atomic E-state index is -0.618. The van der Waals surface area contributed by atoms with Gasteiger partial charge in [-0.25, -0.2) is 0 Å². The Morgan fingerprint density at radius 1 is 1.12 bits per heavy atom. The highest BCUT2D eigenvalue weighted by Crippen LogP contribution is 2.30. The van der Waals surface area contributed by atoms with Gasteiger partial charge in [0, 0.05) is 11.5 Å². The van der Waals surface area contributed by atoms with Crippen molar-refractivity contribution in [3.63, 3.8) is 0 Å². The summed E-state index contributed by atoms with van der Waals surface area (Å²) in [6.45, 7) is 0. The zero-order valence-corrected chi connectivity index (χ0v) is 13.7. The maximum Gasteiger partial charge on any atom is 0.266 e. The molecule has 0 radical (unpaired) electrons. The lowest BCUT2D eigenvalue weighted by Crippen LogP contribution is -2.14. The molecule has 0 aliphatic heterocycles. The summed E-state index contributed by atoms with van der Waals surface area (Å²) in [5, 5.41) is 13.3. The number of hydrogen-bond donors (Lipinski definition) is 1. The van der Waals surface area contributed by atoms with Gasteiger partial charge in [-0.1, -0.05) is 47.5 Å². The van der Waals surface area contributed by atoms with E-state index in [4.69, 9.17) is 27.6 Å². The fourth-order valence-corrected chi connectivity index (χ4v) is 2.65. The van der Waals surface area contributed by atoms with E-state index in [1.54, 1.807) is 24.3 Å². The molecule has 6 heteroatoms. The lowest BCUT2D eigenvalue weighted by Gasteiger charge is -2.08. The third-order valence-corrected chi connectivity index (χ3v) is 3.93. The third kappa shape index (κ3) is 3.28. The van der Waals surface area contributed by atoms with Crippen LogP contribution in [-0.2, 0) is 4.79 Å². The number of amides is 1. The fourth-order valence-electron chi connectivity index (χ4n) is 2.16. The van der Waals surface area contributed by atoms with Gasteiger partial charge in [-0.15, -0.1) is 0 Å². The number of nitrogens with zero attached hydrogens (tertiary/aromatic N) is 1. The summed E-state index contributed by atoms with van der Waals surface area (Å²) in [5.41, 5.74) is 0.817. The standard InChI is InChI=1S/C18H10Cl2N2O2/c19-14-5-3-6-15(20)17(14)22-18(23)12(10-21)9-13-8-11-4-1-2-7-16(11)24-13/h1-9H,(H,22,23)/b12-9+. The first-order valence-electron chi connectivity index (χ1n) is 6.94. The van der Waals surface area contributed by atoms with Crippen LogP contribution >= 0.6 is 23.2 Å². The van der Waals surface area contributed by atoms with Crippen molar-refractivity contribution >= 4 is 51.8 Å². The quantitative estimate of drug-likeness (QED) is 0.512. The second-order valence-electron chi connectivity index (χ2n) is 4.91. The van der Waals surface area contributed by atoms with Crippen LogP contribution in [0.4, 0.5) is 5.69 Å². The highest BCUT2D eigenvalue weighted by molar-refractivity contribution is 6.40. The van der Waals surface area contributed by atoms with Gasteiger partial charge in [-0.05, 0) is 24.3 Å². The summed E-state index contributed by atoms with van der Waals surface area (Å²) in [6, 6.07) is 15.9. The maximum absolute atomic E-state index is 12.3. The van der Waals surface area contributed by atoms with Crippen LogP contribution in [0.3, 0.4) is 0 Å². The van der Waals surface area contributed by atoms with E-state index >= 15 is 0 Å². The van der Waals surface area contributed by atoms with E-state index in [1.165, 1.54) is 6.08 Å². The molecule has 0 bridgehead atoms. The lowest BCUT2D eigenvalue weighted by molar-refractivity contribution is -0.112. The number of hydrogen-bond acceptors (Lipinski definition) is 3. The molecule has 24 heavy (non-hydrogen) atoms. The van der Waals surface area contributed by atoms with E-state index in [2.05, 4.69) is 5.32 Å². The van der Waals surface area contributed by atoms with Crippen LogP contribution in [0, 0.1) is 11.3 Å². The first-order chi connectivity index (χ1) is 11.6. The molecule has 1 aromatic heterocycles. The number of fused-ring (bicyclic) bond motifs is 1. The van der Waals surface area contributed by atoms with Crippen molar-refractivity contribution in [2.24, 2.45) is 0 Å². The van der Waals surface area contributed by atoms with Crippen molar-refractivity contribution in [3.05, 3.63) is 69.9 Å². The molecule has 1 amide bonds. The number of carbonyl (C=O) groups excluding carboxylic acids is 1. The summed E-state index contributed by atoms with van der Waals surface area (Å²) in [6.07, 6.45) is 1.38. The molecule has 1 heterocycles. The number of rotatable bonds is 3. The first kappa shape index (κ1) is 16.1. The molecule has 0 unspecified atom stereocenters. The van der Waals surface area contributed by atoms with Crippen molar-refractivity contribution < 1.29 is 9.21 Å².